The van der Waals surface area contributed by atoms with E-state index in [0.717, 1.165) is 12.8 Å². The van der Waals surface area contributed by atoms with Gasteiger partial charge in [-0.2, -0.15) is 4.98 Å². The van der Waals surface area contributed by atoms with E-state index in [1.54, 1.807) is 6.92 Å². The molecule has 0 saturated carbocycles. The zero-order valence-electron chi connectivity index (χ0n) is 16.9. The van der Waals surface area contributed by atoms with Crippen molar-refractivity contribution < 1.29 is 18.8 Å². The molecule has 0 N–H and O–H groups in total. The van der Waals surface area contributed by atoms with Crippen LogP contribution in [0.15, 0.2) is 4.52 Å². The number of nitrogens with zero attached hydrogens (tertiary/aromatic N) is 5. The number of rotatable bonds is 5. The molecular weight excluding hydrogens is 362 g/mol. The smallest absolute Gasteiger partial charge is 0.327 e. The molecule has 0 aliphatic carbocycles. The Balaban J connectivity index is 1.54. The number of aryl methyl sites for hydroxylation is 1. The van der Waals surface area contributed by atoms with Gasteiger partial charge < -0.3 is 19.1 Å². The van der Waals surface area contributed by atoms with E-state index in [4.69, 9.17) is 9.26 Å². The first-order chi connectivity index (χ1) is 13.4. The van der Waals surface area contributed by atoms with Crippen LogP contribution in [-0.2, 0) is 9.53 Å². The summed E-state index contributed by atoms with van der Waals surface area (Å²) >= 11 is 0. The minimum absolute atomic E-state index is 0.0358. The number of hydrogen-bond donors (Lipinski definition) is 0. The van der Waals surface area contributed by atoms with Gasteiger partial charge in [0.15, 0.2) is 0 Å². The third-order valence-corrected chi connectivity index (χ3v) is 5.97. The summed E-state index contributed by atoms with van der Waals surface area (Å²) in [6.45, 7) is 8.78. The molecule has 4 heterocycles. The minimum atomic E-state index is -0.769. The second kappa shape index (κ2) is 7.35. The Labute approximate surface area is 165 Å². The lowest BCUT2D eigenvalue weighted by molar-refractivity contribution is -0.135. The third-order valence-electron chi connectivity index (χ3n) is 5.97. The maximum atomic E-state index is 13.5. The Kier molecular flexibility index (Phi) is 5.03. The predicted molar refractivity (Wildman–Crippen MR) is 101 cm³/mol. The summed E-state index contributed by atoms with van der Waals surface area (Å²) in [4.78, 5) is 36.2. The molecule has 154 valence electrons. The van der Waals surface area contributed by atoms with Gasteiger partial charge in [-0.25, -0.2) is 4.79 Å². The van der Waals surface area contributed by atoms with E-state index in [9.17, 15) is 9.59 Å². The second-order valence-electron chi connectivity index (χ2n) is 8.47. The number of carbonyl (C=O) groups is 2. The van der Waals surface area contributed by atoms with Crippen LogP contribution in [0.4, 0.5) is 10.7 Å². The summed E-state index contributed by atoms with van der Waals surface area (Å²) in [5.74, 6) is 1.29. The number of urea groups is 1. The van der Waals surface area contributed by atoms with Crippen molar-refractivity contribution in [2.24, 2.45) is 5.92 Å². The Hall–Kier alpha value is -2.16. The van der Waals surface area contributed by atoms with E-state index in [1.807, 2.05) is 9.80 Å². The van der Waals surface area contributed by atoms with Crippen molar-refractivity contribution in [2.45, 2.75) is 58.1 Å². The van der Waals surface area contributed by atoms with Crippen molar-refractivity contribution >= 4 is 17.9 Å². The fraction of sp³-hybridized carbons (Fsp3) is 0.789. The van der Waals surface area contributed by atoms with E-state index in [1.165, 1.54) is 4.90 Å². The molecule has 0 aromatic carbocycles. The standard InChI is InChI=1S/C19H29N5O4/c1-13(2)11-24-18(26)23(12-15-5-4-10-27-15)16(25)19(24)6-8-22(9-7-19)17-20-14(3)28-21-17/h13,15H,4-12H2,1-3H3. The first kappa shape index (κ1) is 19.2. The number of imide groups is 1. The van der Waals surface area contributed by atoms with Crippen LogP contribution in [-0.4, -0.2) is 76.3 Å². The van der Waals surface area contributed by atoms with Crippen molar-refractivity contribution in [2.75, 3.05) is 37.7 Å². The summed E-state index contributed by atoms with van der Waals surface area (Å²) in [5.41, 5.74) is -0.769. The molecule has 1 atom stereocenters. The zero-order chi connectivity index (χ0) is 19.9. The molecule has 1 spiro atoms. The summed E-state index contributed by atoms with van der Waals surface area (Å²) in [6, 6.07) is -0.168. The first-order valence-corrected chi connectivity index (χ1v) is 10.2. The number of anilines is 1. The predicted octanol–water partition coefficient (Wildman–Crippen LogP) is 1.82. The van der Waals surface area contributed by atoms with Crippen LogP contribution in [0.3, 0.4) is 0 Å². The maximum Gasteiger partial charge on any atom is 0.327 e. The van der Waals surface area contributed by atoms with Gasteiger partial charge in [0, 0.05) is 33.2 Å². The monoisotopic (exact) mass is 391 g/mol. The molecule has 3 aliphatic heterocycles. The van der Waals surface area contributed by atoms with Crippen molar-refractivity contribution in [1.82, 2.24) is 19.9 Å². The lowest BCUT2D eigenvalue weighted by Gasteiger charge is -2.42. The Morgan fingerprint density at radius 2 is 2.00 bits per heavy atom. The average Bonchev–Trinajstić information content (AvgIpc) is 3.37. The van der Waals surface area contributed by atoms with Gasteiger partial charge in [0.25, 0.3) is 11.9 Å². The first-order valence-electron chi connectivity index (χ1n) is 10.2. The number of carbonyl (C=O) groups excluding carboxylic acids is 2. The largest absolute Gasteiger partial charge is 0.376 e. The Bertz CT molecular complexity index is 734. The molecule has 9 heteroatoms. The van der Waals surface area contributed by atoms with Crippen molar-refractivity contribution in [1.29, 1.82) is 0 Å². The molecule has 9 nitrogen and oxygen atoms in total. The summed E-state index contributed by atoms with van der Waals surface area (Å²) in [6.07, 6.45) is 2.99. The fourth-order valence-electron chi connectivity index (χ4n) is 4.53. The zero-order valence-corrected chi connectivity index (χ0v) is 16.9. The Morgan fingerprint density at radius 3 is 2.57 bits per heavy atom. The number of hydrogen-bond acceptors (Lipinski definition) is 7. The average molecular weight is 391 g/mol. The van der Waals surface area contributed by atoms with Gasteiger partial charge in [0.2, 0.25) is 5.89 Å². The third kappa shape index (κ3) is 3.25. The van der Waals surface area contributed by atoms with Crippen LogP contribution >= 0.6 is 0 Å². The number of ether oxygens (including phenoxy) is 1. The highest BCUT2D eigenvalue weighted by molar-refractivity contribution is 6.07. The van der Waals surface area contributed by atoms with E-state index in [2.05, 4.69) is 24.0 Å². The van der Waals surface area contributed by atoms with Crippen molar-refractivity contribution in [3.8, 4) is 0 Å². The molecule has 3 amide bonds. The lowest BCUT2D eigenvalue weighted by atomic mass is 9.85. The van der Waals surface area contributed by atoms with Gasteiger partial charge in [-0.3, -0.25) is 9.69 Å². The molecule has 3 fully saturated rings. The maximum absolute atomic E-state index is 13.5. The van der Waals surface area contributed by atoms with Crippen LogP contribution in [0, 0.1) is 12.8 Å². The Morgan fingerprint density at radius 1 is 1.25 bits per heavy atom. The minimum Gasteiger partial charge on any atom is -0.376 e. The van der Waals surface area contributed by atoms with E-state index in [0.29, 0.717) is 57.5 Å². The summed E-state index contributed by atoms with van der Waals surface area (Å²) in [7, 11) is 0. The number of amides is 3. The number of piperidine rings is 1. The van der Waals surface area contributed by atoms with Crippen LogP contribution < -0.4 is 4.90 Å². The molecule has 0 bridgehead atoms. The molecule has 3 saturated heterocycles. The van der Waals surface area contributed by atoms with Gasteiger partial charge in [-0.15, -0.1) is 0 Å². The van der Waals surface area contributed by atoms with Crippen LogP contribution in [0.2, 0.25) is 0 Å². The topological polar surface area (TPSA) is 92.0 Å². The molecular formula is C19H29N5O4. The lowest BCUT2D eigenvalue weighted by Crippen LogP contribution is -2.57. The number of aromatic nitrogens is 2. The van der Waals surface area contributed by atoms with Crippen molar-refractivity contribution in [3.63, 3.8) is 0 Å². The van der Waals surface area contributed by atoms with Crippen molar-refractivity contribution in [3.05, 3.63) is 5.89 Å². The molecule has 4 rings (SSSR count). The van der Waals surface area contributed by atoms with Gasteiger partial charge >= 0.3 is 6.03 Å². The van der Waals surface area contributed by atoms with E-state index >= 15 is 0 Å². The fourth-order valence-corrected chi connectivity index (χ4v) is 4.53. The highest BCUT2D eigenvalue weighted by Crippen LogP contribution is 2.39. The molecule has 1 aromatic rings. The van der Waals surface area contributed by atoms with Crippen LogP contribution in [0.5, 0.6) is 0 Å². The summed E-state index contributed by atoms with van der Waals surface area (Å²) < 4.78 is 10.8. The van der Waals surface area contributed by atoms with E-state index in [-0.39, 0.29) is 24.0 Å². The van der Waals surface area contributed by atoms with Gasteiger partial charge in [0.05, 0.1) is 12.6 Å². The van der Waals surface area contributed by atoms with Gasteiger partial charge in [0.1, 0.15) is 5.54 Å². The molecule has 28 heavy (non-hydrogen) atoms. The quantitative estimate of drug-likeness (QED) is 0.707. The molecule has 0 radical (unpaired) electrons. The normalized spacial score (nSPS) is 25.0. The van der Waals surface area contributed by atoms with Gasteiger partial charge in [-0.1, -0.05) is 13.8 Å². The van der Waals surface area contributed by atoms with Crippen LogP contribution in [0.25, 0.3) is 0 Å². The van der Waals surface area contributed by atoms with Crippen LogP contribution in [0.1, 0.15) is 45.4 Å². The highest BCUT2D eigenvalue weighted by atomic mass is 16.5. The van der Waals surface area contributed by atoms with Gasteiger partial charge in [-0.05, 0) is 36.8 Å². The molecule has 1 aromatic heterocycles. The highest BCUT2D eigenvalue weighted by Gasteiger charge is 2.58. The molecule has 3 aliphatic rings. The molecule has 1 unspecified atom stereocenters. The second-order valence-corrected chi connectivity index (χ2v) is 8.47. The SMILES string of the molecule is Cc1nc(N2CCC3(CC2)C(=O)N(CC2CCCO2)C(=O)N3CC(C)C)no1. The summed E-state index contributed by atoms with van der Waals surface area (Å²) in [5, 5.41) is 3.99. The van der Waals surface area contributed by atoms with E-state index < -0.39 is 5.54 Å².